The van der Waals surface area contributed by atoms with Crippen molar-refractivity contribution >= 4 is 34.6 Å². The minimum absolute atomic E-state index is 0.0743. The highest BCUT2D eigenvalue weighted by molar-refractivity contribution is 7.80. The summed E-state index contributed by atoms with van der Waals surface area (Å²) in [6, 6.07) is 14.4. The van der Waals surface area contributed by atoms with Crippen LogP contribution < -0.4 is 15.5 Å². The second kappa shape index (κ2) is 9.85. The molecular formula is C23H31N4OS+. The van der Waals surface area contributed by atoms with Crippen molar-refractivity contribution in [1.29, 1.82) is 0 Å². The fourth-order valence-corrected chi connectivity index (χ4v) is 4.12. The summed E-state index contributed by atoms with van der Waals surface area (Å²) in [4.78, 5) is 16.0. The van der Waals surface area contributed by atoms with E-state index in [1.54, 1.807) is 0 Å². The lowest BCUT2D eigenvalue weighted by Crippen LogP contribution is -3.15. The summed E-state index contributed by atoms with van der Waals surface area (Å²) in [5.74, 6) is 0.0743. The van der Waals surface area contributed by atoms with Crippen LogP contribution in [-0.2, 0) is 11.2 Å². The molecule has 0 bridgehead atoms. The van der Waals surface area contributed by atoms with Crippen LogP contribution in [0.15, 0.2) is 42.5 Å². The summed E-state index contributed by atoms with van der Waals surface area (Å²) in [7, 11) is 0. The third-order valence-corrected chi connectivity index (χ3v) is 5.67. The zero-order chi connectivity index (χ0) is 20.8. The van der Waals surface area contributed by atoms with Crippen molar-refractivity contribution in [3.8, 4) is 0 Å². The maximum atomic E-state index is 12.5. The van der Waals surface area contributed by atoms with E-state index in [-0.39, 0.29) is 5.91 Å². The van der Waals surface area contributed by atoms with Gasteiger partial charge in [-0.05, 0) is 67.4 Å². The number of carbonyl (C=O) groups is 1. The Balaban J connectivity index is 1.47. The number of thiocarbonyl (C=S) groups is 1. The number of quaternary nitrogens is 1. The first kappa shape index (κ1) is 21.3. The predicted octanol–water partition coefficient (Wildman–Crippen LogP) is 2.40. The van der Waals surface area contributed by atoms with Gasteiger partial charge in [0.1, 0.15) is 0 Å². The molecule has 0 aliphatic carbocycles. The number of hydrogen-bond donors (Lipinski definition) is 3. The van der Waals surface area contributed by atoms with Crippen molar-refractivity contribution in [3.63, 3.8) is 0 Å². The number of rotatable bonds is 5. The summed E-state index contributed by atoms with van der Waals surface area (Å²) >= 11 is 5.61. The molecule has 2 aromatic carbocycles. The molecule has 1 amide bonds. The maximum Gasteiger partial charge on any atom is 0.279 e. The monoisotopic (exact) mass is 411 g/mol. The molecule has 0 saturated carbocycles. The minimum Gasteiger partial charge on any atom is -0.338 e. The number of carbonyl (C=O) groups excluding carboxylic acids is 1. The van der Waals surface area contributed by atoms with Gasteiger partial charge in [-0.1, -0.05) is 31.2 Å². The molecule has 3 N–H and O–H groups in total. The number of benzene rings is 2. The van der Waals surface area contributed by atoms with E-state index in [0.717, 1.165) is 49.1 Å². The number of nitrogens with zero attached hydrogens (tertiary/aromatic N) is 1. The van der Waals surface area contributed by atoms with E-state index in [1.165, 1.54) is 21.6 Å². The Morgan fingerprint density at radius 2 is 1.72 bits per heavy atom. The van der Waals surface area contributed by atoms with E-state index in [2.05, 4.69) is 60.6 Å². The third-order valence-electron chi connectivity index (χ3n) is 5.31. The minimum atomic E-state index is 0.0743. The van der Waals surface area contributed by atoms with Crippen LogP contribution in [-0.4, -0.2) is 48.6 Å². The SMILES string of the molecule is CCc1ccccc1NC(=O)C[NH+]1CCN(C(=S)Nc2cc(C)cc(C)c2)CC1. The van der Waals surface area contributed by atoms with Crippen molar-refractivity contribution < 1.29 is 9.69 Å². The third kappa shape index (κ3) is 6.02. The van der Waals surface area contributed by atoms with E-state index >= 15 is 0 Å². The van der Waals surface area contributed by atoms with Gasteiger partial charge in [-0.15, -0.1) is 0 Å². The summed E-state index contributed by atoms with van der Waals surface area (Å²) in [6.07, 6.45) is 0.910. The molecule has 1 saturated heterocycles. The highest BCUT2D eigenvalue weighted by Gasteiger charge is 2.24. The molecule has 6 heteroatoms. The van der Waals surface area contributed by atoms with Gasteiger partial charge in [0, 0.05) is 11.4 Å². The molecule has 2 aromatic rings. The maximum absolute atomic E-state index is 12.5. The van der Waals surface area contributed by atoms with Crippen LogP contribution >= 0.6 is 12.2 Å². The van der Waals surface area contributed by atoms with E-state index in [9.17, 15) is 4.79 Å². The summed E-state index contributed by atoms with van der Waals surface area (Å²) < 4.78 is 0. The van der Waals surface area contributed by atoms with E-state index in [1.807, 2.05) is 18.2 Å². The number of piperazine rings is 1. The Labute approximate surface area is 179 Å². The molecule has 0 spiro atoms. The molecule has 0 aromatic heterocycles. The lowest BCUT2D eigenvalue weighted by molar-refractivity contribution is -0.895. The Morgan fingerprint density at radius 3 is 2.38 bits per heavy atom. The summed E-state index contributed by atoms with van der Waals surface area (Å²) in [5.41, 5.74) is 5.58. The highest BCUT2D eigenvalue weighted by Crippen LogP contribution is 2.15. The van der Waals surface area contributed by atoms with E-state index in [4.69, 9.17) is 12.2 Å². The lowest BCUT2D eigenvalue weighted by atomic mass is 10.1. The first-order chi connectivity index (χ1) is 13.9. The Hall–Kier alpha value is -2.44. The Morgan fingerprint density at radius 1 is 1.07 bits per heavy atom. The molecule has 3 rings (SSSR count). The highest BCUT2D eigenvalue weighted by atomic mass is 32.1. The first-order valence-corrected chi connectivity index (χ1v) is 10.7. The zero-order valence-corrected chi connectivity index (χ0v) is 18.4. The van der Waals surface area contributed by atoms with Crippen LogP contribution in [0.4, 0.5) is 11.4 Å². The predicted molar refractivity (Wildman–Crippen MR) is 124 cm³/mol. The van der Waals surface area contributed by atoms with Crippen LogP contribution in [0.5, 0.6) is 0 Å². The average molecular weight is 412 g/mol. The topological polar surface area (TPSA) is 48.8 Å². The van der Waals surface area contributed by atoms with Crippen molar-refractivity contribution in [1.82, 2.24) is 4.90 Å². The summed E-state index contributed by atoms with van der Waals surface area (Å²) in [5, 5.41) is 7.20. The molecule has 154 valence electrons. The number of anilines is 2. The zero-order valence-electron chi connectivity index (χ0n) is 17.5. The Kier molecular flexibility index (Phi) is 7.23. The molecule has 1 heterocycles. The number of para-hydroxylation sites is 1. The molecule has 1 aliphatic rings. The quantitative estimate of drug-likeness (QED) is 0.662. The van der Waals surface area contributed by atoms with Crippen molar-refractivity contribution in [2.24, 2.45) is 0 Å². The van der Waals surface area contributed by atoms with Crippen molar-refractivity contribution in [2.45, 2.75) is 27.2 Å². The van der Waals surface area contributed by atoms with Gasteiger partial charge in [0.15, 0.2) is 11.7 Å². The van der Waals surface area contributed by atoms with Gasteiger partial charge in [-0.25, -0.2) is 0 Å². The van der Waals surface area contributed by atoms with Gasteiger partial charge in [0.25, 0.3) is 5.91 Å². The van der Waals surface area contributed by atoms with Gasteiger partial charge >= 0.3 is 0 Å². The van der Waals surface area contributed by atoms with Gasteiger partial charge in [0.2, 0.25) is 0 Å². The standard InChI is InChI=1S/C23H30N4OS/c1-4-19-7-5-6-8-21(19)25-22(28)16-26-9-11-27(12-10-26)23(29)24-20-14-17(2)13-18(3)15-20/h5-8,13-15H,4,9-12,16H2,1-3H3,(H,24,29)(H,25,28)/p+1. The molecular weight excluding hydrogens is 380 g/mol. The fraction of sp³-hybridized carbons (Fsp3) is 0.391. The largest absolute Gasteiger partial charge is 0.338 e. The van der Waals surface area contributed by atoms with Crippen LogP contribution in [0.1, 0.15) is 23.6 Å². The molecule has 0 unspecified atom stereocenters. The fourth-order valence-electron chi connectivity index (χ4n) is 3.82. The molecule has 29 heavy (non-hydrogen) atoms. The molecule has 5 nitrogen and oxygen atoms in total. The normalized spacial score (nSPS) is 14.5. The van der Waals surface area contributed by atoms with Crippen LogP contribution in [0.2, 0.25) is 0 Å². The van der Waals surface area contributed by atoms with Gasteiger partial charge in [-0.2, -0.15) is 0 Å². The van der Waals surface area contributed by atoms with E-state index in [0.29, 0.717) is 6.54 Å². The number of aryl methyl sites for hydroxylation is 3. The second-order valence-corrected chi connectivity index (χ2v) is 8.17. The van der Waals surface area contributed by atoms with Crippen molar-refractivity contribution in [3.05, 3.63) is 59.2 Å². The molecule has 1 aliphatic heterocycles. The van der Waals surface area contributed by atoms with Crippen molar-refractivity contribution in [2.75, 3.05) is 43.4 Å². The molecule has 0 atom stereocenters. The number of nitrogens with one attached hydrogen (secondary N) is 3. The number of hydrogen-bond acceptors (Lipinski definition) is 2. The smallest absolute Gasteiger partial charge is 0.279 e. The van der Waals surface area contributed by atoms with Gasteiger partial charge < -0.3 is 20.4 Å². The van der Waals surface area contributed by atoms with Crippen LogP contribution in [0.3, 0.4) is 0 Å². The molecule has 0 radical (unpaired) electrons. The lowest BCUT2D eigenvalue weighted by Gasteiger charge is -2.33. The van der Waals surface area contributed by atoms with Crippen LogP contribution in [0, 0.1) is 13.8 Å². The Bertz CT molecular complexity index is 855. The van der Waals surface area contributed by atoms with Crippen LogP contribution in [0.25, 0.3) is 0 Å². The van der Waals surface area contributed by atoms with Gasteiger partial charge in [-0.3, -0.25) is 4.79 Å². The second-order valence-electron chi connectivity index (χ2n) is 7.78. The summed E-state index contributed by atoms with van der Waals surface area (Å²) in [6.45, 7) is 10.3. The van der Waals surface area contributed by atoms with E-state index < -0.39 is 0 Å². The van der Waals surface area contributed by atoms with Gasteiger partial charge in [0.05, 0.1) is 26.2 Å². The number of amides is 1. The molecule has 1 fully saturated rings. The first-order valence-electron chi connectivity index (χ1n) is 10.3. The average Bonchev–Trinajstić information content (AvgIpc) is 2.68.